The third-order valence-electron chi connectivity index (χ3n) is 0.421. The zero-order chi connectivity index (χ0) is 10.4. The summed E-state index contributed by atoms with van der Waals surface area (Å²) in [6, 6.07) is 0. The van der Waals surface area contributed by atoms with Gasteiger partial charge in [-0.2, -0.15) is 16.8 Å². The predicted molar refractivity (Wildman–Crippen MR) is 37.1 cm³/mol. The zero-order valence-corrected chi connectivity index (χ0v) is 7.79. The normalized spacial score (nSPS) is 11.7. The Morgan fingerprint density at radius 1 is 0.833 bits per heavy atom. The van der Waals surface area contributed by atoms with Gasteiger partial charge >= 0.3 is 20.8 Å². The molecule has 0 amide bonds. The molecule has 0 saturated heterocycles. The molecule has 2 N–H and O–H groups in total. The molecule has 0 aliphatic carbocycles. The van der Waals surface area contributed by atoms with E-state index in [1.807, 2.05) is 0 Å². The standard InChI is InChI=1S/2CH4O4S/c2*1-5-6(2,3)4/h2*1H3,(H,2,3,4). The van der Waals surface area contributed by atoms with Crippen LogP contribution in [0.3, 0.4) is 0 Å². The Bertz CT molecular complexity index is 251. The maximum atomic E-state index is 9.33. The van der Waals surface area contributed by atoms with E-state index >= 15 is 0 Å². The van der Waals surface area contributed by atoms with E-state index in [0.717, 1.165) is 14.2 Å². The molecular weight excluding hydrogens is 216 g/mol. The Labute approximate surface area is 70.0 Å². The van der Waals surface area contributed by atoms with Gasteiger partial charge in [0.1, 0.15) is 0 Å². The van der Waals surface area contributed by atoms with E-state index in [2.05, 4.69) is 8.37 Å². The quantitative estimate of drug-likeness (QED) is 0.564. The van der Waals surface area contributed by atoms with Crippen LogP contribution in [0.4, 0.5) is 0 Å². The van der Waals surface area contributed by atoms with Crippen molar-refractivity contribution in [3.63, 3.8) is 0 Å². The van der Waals surface area contributed by atoms with Gasteiger partial charge in [-0.05, 0) is 0 Å². The monoisotopic (exact) mass is 224 g/mol. The Balaban J connectivity index is 0. The fraction of sp³-hybridized carbons (Fsp3) is 1.00. The summed E-state index contributed by atoms with van der Waals surface area (Å²) in [6.45, 7) is 0. The minimum absolute atomic E-state index is 0.870. The highest BCUT2D eigenvalue weighted by Crippen LogP contribution is 1.75. The Morgan fingerprint density at radius 2 is 0.917 bits per heavy atom. The Kier molecular flexibility index (Phi) is 6.42. The van der Waals surface area contributed by atoms with Gasteiger partial charge in [-0.15, -0.1) is 0 Å². The van der Waals surface area contributed by atoms with Crippen LogP contribution in [0.1, 0.15) is 0 Å². The molecule has 0 aromatic heterocycles. The second-order valence-electron chi connectivity index (χ2n) is 1.19. The summed E-state index contributed by atoms with van der Waals surface area (Å²) < 4.78 is 59.4. The zero-order valence-electron chi connectivity index (χ0n) is 6.16. The van der Waals surface area contributed by atoms with Crippen LogP contribution < -0.4 is 0 Å². The summed E-state index contributed by atoms with van der Waals surface area (Å²) in [5.74, 6) is 0. The first-order valence-electron chi connectivity index (χ1n) is 2.18. The smallest absolute Gasteiger partial charge is 0.264 e. The maximum Gasteiger partial charge on any atom is 0.397 e. The van der Waals surface area contributed by atoms with E-state index in [0.29, 0.717) is 0 Å². The summed E-state index contributed by atoms with van der Waals surface area (Å²) in [6.07, 6.45) is 0. The molecule has 0 rings (SSSR count). The van der Waals surface area contributed by atoms with Crippen LogP contribution in [0.2, 0.25) is 0 Å². The van der Waals surface area contributed by atoms with Crippen LogP contribution in [-0.2, 0) is 29.2 Å². The van der Waals surface area contributed by atoms with Crippen LogP contribution in [0, 0.1) is 0 Å². The van der Waals surface area contributed by atoms with Crippen LogP contribution >= 0.6 is 0 Å². The van der Waals surface area contributed by atoms with Crippen LogP contribution in [0.15, 0.2) is 0 Å². The van der Waals surface area contributed by atoms with Crippen molar-refractivity contribution in [2.45, 2.75) is 0 Å². The molecular formula is C2H8O8S2. The SMILES string of the molecule is COS(=O)(=O)O.COS(=O)(=O)O. The van der Waals surface area contributed by atoms with Gasteiger partial charge in [-0.3, -0.25) is 17.5 Å². The second kappa shape index (κ2) is 5.40. The average molecular weight is 224 g/mol. The maximum absolute atomic E-state index is 9.33. The molecule has 8 nitrogen and oxygen atoms in total. The van der Waals surface area contributed by atoms with Crippen molar-refractivity contribution in [1.82, 2.24) is 0 Å². The van der Waals surface area contributed by atoms with Crippen molar-refractivity contribution in [1.29, 1.82) is 0 Å². The molecule has 0 fully saturated rings. The molecule has 0 aromatic carbocycles. The van der Waals surface area contributed by atoms with Gasteiger partial charge in [0.05, 0.1) is 14.2 Å². The summed E-state index contributed by atoms with van der Waals surface area (Å²) in [5, 5.41) is 0. The highest BCUT2D eigenvalue weighted by atomic mass is 32.3. The van der Waals surface area contributed by atoms with Gasteiger partial charge in [0.15, 0.2) is 0 Å². The van der Waals surface area contributed by atoms with Gasteiger partial charge in [0, 0.05) is 0 Å². The highest BCUT2D eigenvalue weighted by molar-refractivity contribution is 7.81. The molecule has 0 aromatic rings. The van der Waals surface area contributed by atoms with Crippen molar-refractivity contribution in [2.24, 2.45) is 0 Å². The van der Waals surface area contributed by atoms with Gasteiger partial charge in [-0.1, -0.05) is 0 Å². The first kappa shape index (κ1) is 14.3. The molecule has 0 unspecified atom stereocenters. The molecule has 10 heteroatoms. The van der Waals surface area contributed by atoms with E-state index in [1.165, 1.54) is 0 Å². The van der Waals surface area contributed by atoms with E-state index in [1.54, 1.807) is 0 Å². The first-order valence-corrected chi connectivity index (χ1v) is 4.91. The van der Waals surface area contributed by atoms with Crippen molar-refractivity contribution < 1.29 is 34.3 Å². The predicted octanol–water partition coefficient (Wildman–Crippen LogP) is -1.13. The minimum atomic E-state index is -4.16. The lowest BCUT2D eigenvalue weighted by atomic mass is 11.8. The average Bonchev–Trinajstić information content (AvgIpc) is 1.86. The van der Waals surface area contributed by atoms with Crippen molar-refractivity contribution in [3.8, 4) is 0 Å². The van der Waals surface area contributed by atoms with Crippen LogP contribution in [-0.4, -0.2) is 40.2 Å². The molecule has 0 heterocycles. The van der Waals surface area contributed by atoms with Gasteiger partial charge < -0.3 is 0 Å². The summed E-state index contributed by atoms with van der Waals surface area (Å²) in [7, 11) is -6.58. The highest BCUT2D eigenvalue weighted by Gasteiger charge is 1.94. The second-order valence-corrected chi connectivity index (χ2v) is 3.57. The third kappa shape index (κ3) is 22.6. The van der Waals surface area contributed by atoms with E-state index in [4.69, 9.17) is 9.11 Å². The summed E-state index contributed by atoms with van der Waals surface area (Å²) >= 11 is 0. The minimum Gasteiger partial charge on any atom is -0.264 e. The largest absolute Gasteiger partial charge is 0.397 e. The Morgan fingerprint density at radius 3 is 0.917 bits per heavy atom. The molecule has 0 bridgehead atoms. The lowest BCUT2D eigenvalue weighted by Gasteiger charge is -1.82. The molecule has 0 aliphatic rings. The van der Waals surface area contributed by atoms with Crippen molar-refractivity contribution >= 4 is 20.8 Å². The fourth-order valence-corrected chi connectivity index (χ4v) is 0. The molecule has 0 spiro atoms. The molecule has 12 heavy (non-hydrogen) atoms. The molecule has 0 atom stereocenters. The van der Waals surface area contributed by atoms with E-state index in [-0.39, 0.29) is 0 Å². The van der Waals surface area contributed by atoms with E-state index < -0.39 is 20.8 Å². The first-order chi connectivity index (χ1) is 5.12. The van der Waals surface area contributed by atoms with Gasteiger partial charge in [0.25, 0.3) is 0 Å². The van der Waals surface area contributed by atoms with Crippen LogP contribution in [0.5, 0.6) is 0 Å². The number of hydrogen-bond donors (Lipinski definition) is 2. The molecule has 0 radical (unpaired) electrons. The summed E-state index contributed by atoms with van der Waals surface area (Å²) in [4.78, 5) is 0. The topological polar surface area (TPSA) is 127 Å². The lowest BCUT2D eigenvalue weighted by molar-refractivity contribution is 0.323. The van der Waals surface area contributed by atoms with E-state index in [9.17, 15) is 16.8 Å². The van der Waals surface area contributed by atoms with Gasteiger partial charge in [-0.25, -0.2) is 0 Å². The van der Waals surface area contributed by atoms with Crippen molar-refractivity contribution in [2.75, 3.05) is 14.2 Å². The molecule has 76 valence electrons. The Hall–Kier alpha value is -0.260. The van der Waals surface area contributed by atoms with Crippen LogP contribution in [0.25, 0.3) is 0 Å². The number of hydrogen-bond acceptors (Lipinski definition) is 6. The molecule has 0 saturated carbocycles. The number of rotatable bonds is 2. The lowest BCUT2D eigenvalue weighted by Crippen LogP contribution is -1.96. The fourth-order valence-electron chi connectivity index (χ4n) is 0. The third-order valence-corrected chi connectivity index (χ3v) is 1.26. The summed E-state index contributed by atoms with van der Waals surface area (Å²) in [5.41, 5.74) is 0. The van der Waals surface area contributed by atoms with Gasteiger partial charge in [0.2, 0.25) is 0 Å². The van der Waals surface area contributed by atoms with Crippen molar-refractivity contribution in [3.05, 3.63) is 0 Å². The molecule has 0 aliphatic heterocycles.